The van der Waals surface area contributed by atoms with E-state index in [1.54, 1.807) is 23.2 Å². The summed E-state index contributed by atoms with van der Waals surface area (Å²) >= 11 is 0. The van der Waals surface area contributed by atoms with Crippen LogP contribution in [0.4, 0.5) is 26.4 Å². The molecule has 2 saturated heterocycles. The first kappa shape index (κ1) is 22.0. The molecule has 1 unspecified atom stereocenters. The number of halogens is 1. The first-order chi connectivity index (χ1) is 15.5. The van der Waals surface area contributed by atoms with Crippen molar-refractivity contribution in [3.63, 3.8) is 0 Å². The van der Waals surface area contributed by atoms with Crippen LogP contribution in [0, 0.1) is 5.82 Å². The molecular formula is C23H29FN6O2. The van der Waals surface area contributed by atoms with E-state index in [9.17, 15) is 14.0 Å². The topological polar surface area (TPSA) is 80.8 Å². The van der Waals surface area contributed by atoms with Gasteiger partial charge in [0.1, 0.15) is 5.82 Å². The van der Waals surface area contributed by atoms with Crippen molar-refractivity contribution in [1.29, 1.82) is 0 Å². The zero-order chi connectivity index (χ0) is 22.5. The molecule has 2 N–H and O–H groups in total. The molecule has 1 atom stereocenters. The fourth-order valence-electron chi connectivity index (χ4n) is 4.16. The molecule has 0 bridgehead atoms. The number of benzene rings is 1. The summed E-state index contributed by atoms with van der Waals surface area (Å²) in [5.41, 5.74) is 1.16. The highest BCUT2D eigenvalue weighted by Crippen LogP contribution is 2.26. The minimum absolute atomic E-state index is 0.157. The van der Waals surface area contributed by atoms with Crippen LogP contribution in [0.3, 0.4) is 0 Å². The Bertz CT molecular complexity index is 957. The Labute approximate surface area is 187 Å². The summed E-state index contributed by atoms with van der Waals surface area (Å²) in [6.45, 7) is 5.92. The van der Waals surface area contributed by atoms with Crippen molar-refractivity contribution in [2.75, 3.05) is 54.8 Å². The lowest BCUT2D eigenvalue weighted by molar-refractivity contribution is -0.121. The molecule has 2 aliphatic heterocycles. The maximum Gasteiger partial charge on any atom is 0.322 e. The molecule has 0 saturated carbocycles. The number of pyridine rings is 1. The molecule has 8 nitrogen and oxygen atoms in total. The standard InChI is InChI=1S/C23H29FN6O2/c1-17(22(31)26-19-7-4-6-18(24)16-19)28-12-14-30(15-13-28)23(32)27-20-8-5-9-25-21(20)29-10-2-3-11-29/h4-9,16-17H,2-3,10-15H2,1H3,(H,26,31)(H,27,32). The molecular weight excluding hydrogens is 411 g/mol. The summed E-state index contributed by atoms with van der Waals surface area (Å²) < 4.78 is 13.3. The van der Waals surface area contributed by atoms with E-state index < -0.39 is 5.82 Å². The van der Waals surface area contributed by atoms with E-state index in [0.29, 0.717) is 31.9 Å². The summed E-state index contributed by atoms with van der Waals surface area (Å²) in [6.07, 6.45) is 4.02. The lowest BCUT2D eigenvalue weighted by atomic mass is 10.2. The average molecular weight is 441 g/mol. The van der Waals surface area contributed by atoms with Gasteiger partial charge in [0.25, 0.3) is 0 Å². The molecule has 1 aromatic heterocycles. The lowest BCUT2D eigenvalue weighted by Crippen LogP contribution is -2.54. The molecule has 2 aliphatic rings. The summed E-state index contributed by atoms with van der Waals surface area (Å²) in [7, 11) is 0. The lowest BCUT2D eigenvalue weighted by Gasteiger charge is -2.37. The van der Waals surface area contributed by atoms with Crippen LogP contribution in [0.15, 0.2) is 42.6 Å². The van der Waals surface area contributed by atoms with Gasteiger partial charge in [0, 0.05) is 51.2 Å². The zero-order valence-corrected chi connectivity index (χ0v) is 18.3. The molecule has 0 radical (unpaired) electrons. The van der Waals surface area contributed by atoms with Crippen molar-refractivity contribution in [1.82, 2.24) is 14.8 Å². The van der Waals surface area contributed by atoms with E-state index in [2.05, 4.69) is 20.5 Å². The van der Waals surface area contributed by atoms with Gasteiger partial charge in [0.2, 0.25) is 5.91 Å². The molecule has 4 rings (SSSR count). The van der Waals surface area contributed by atoms with Crippen LogP contribution in [0.1, 0.15) is 19.8 Å². The quantitative estimate of drug-likeness (QED) is 0.747. The van der Waals surface area contributed by atoms with Gasteiger partial charge in [0.05, 0.1) is 11.7 Å². The monoisotopic (exact) mass is 440 g/mol. The fourth-order valence-corrected chi connectivity index (χ4v) is 4.16. The molecule has 3 amide bonds. The maximum absolute atomic E-state index is 13.3. The van der Waals surface area contributed by atoms with Gasteiger partial charge in [-0.25, -0.2) is 14.2 Å². The molecule has 2 aromatic rings. The number of rotatable bonds is 5. The Morgan fingerprint density at radius 1 is 1.00 bits per heavy atom. The summed E-state index contributed by atoms with van der Waals surface area (Å²) in [6, 6.07) is 9.01. The van der Waals surface area contributed by atoms with Crippen LogP contribution in [0.5, 0.6) is 0 Å². The predicted octanol–water partition coefficient (Wildman–Crippen LogP) is 3.00. The van der Waals surface area contributed by atoms with E-state index >= 15 is 0 Å². The number of nitrogens with one attached hydrogen (secondary N) is 2. The van der Waals surface area contributed by atoms with Crippen LogP contribution in [-0.4, -0.2) is 72.0 Å². The van der Waals surface area contributed by atoms with Crippen molar-refractivity contribution >= 4 is 29.1 Å². The highest BCUT2D eigenvalue weighted by molar-refractivity contribution is 5.95. The van der Waals surface area contributed by atoms with Crippen molar-refractivity contribution in [2.24, 2.45) is 0 Å². The number of aromatic nitrogens is 1. The van der Waals surface area contributed by atoms with Crippen molar-refractivity contribution < 1.29 is 14.0 Å². The maximum atomic E-state index is 13.3. The third kappa shape index (κ3) is 5.16. The molecule has 0 spiro atoms. The Hall–Kier alpha value is -3.20. The second-order valence-corrected chi connectivity index (χ2v) is 8.20. The minimum atomic E-state index is -0.392. The Morgan fingerprint density at radius 3 is 2.47 bits per heavy atom. The smallest absolute Gasteiger partial charge is 0.322 e. The molecule has 9 heteroatoms. The van der Waals surface area contributed by atoms with Crippen molar-refractivity contribution in [3.8, 4) is 0 Å². The number of piperazine rings is 1. The van der Waals surface area contributed by atoms with Gasteiger partial charge in [-0.15, -0.1) is 0 Å². The normalized spacial score (nSPS) is 17.8. The van der Waals surface area contributed by atoms with Gasteiger partial charge in [-0.1, -0.05) is 6.07 Å². The third-order valence-electron chi connectivity index (χ3n) is 6.05. The number of hydrogen-bond acceptors (Lipinski definition) is 5. The van der Waals surface area contributed by atoms with E-state index in [4.69, 9.17) is 0 Å². The van der Waals surface area contributed by atoms with Crippen LogP contribution < -0.4 is 15.5 Å². The van der Waals surface area contributed by atoms with Crippen LogP contribution >= 0.6 is 0 Å². The van der Waals surface area contributed by atoms with Gasteiger partial charge in [0.15, 0.2) is 5.82 Å². The molecule has 3 heterocycles. The SMILES string of the molecule is CC(C(=O)Nc1cccc(F)c1)N1CCN(C(=O)Nc2cccnc2N2CCCC2)CC1. The number of carbonyl (C=O) groups excluding carboxylic acids is 2. The third-order valence-corrected chi connectivity index (χ3v) is 6.05. The van der Waals surface area contributed by atoms with Gasteiger partial charge in [-0.05, 0) is 50.1 Å². The van der Waals surface area contributed by atoms with Crippen LogP contribution in [0.25, 0.3) is 0 Å². The average Bonchev–Trinajstić information content (AvgIpc) is 3.34. The van der Waals surface area contributed by atoms with Gasteiger partial charge in [-0.2, -0.15) is 0 Å². The number of carbonyl (C=O) groups is 2. The van der Waals surface area contributed by atoms with E-state index in [-0.39, 0.29) is 18.0 Å². The number of amides is 3. The number of urea groups is 1. The molecule has 32 heavy (non-hydrogen) atoms. The second kappa shape index (κ2) is 9.95. The molecule has 0 aliphatic carbocycles. The summed E-state index contributed by atoms with van der Waals surface area (Å²) in [4.78, 5) is 35.9. The zero-order valence-electron chi connectivity index (χ0n) is 18.3. The van der Waals surface area contributed by atoms with Crippen molar-refractivity contribution in [2.45, 2.75) is 25.8 Å². The Balaban J connectivity index is 1.30. The highest BCUT2D eigenvalue weighted by atomic mass is 19.1. The number of hydrogen-bond donors (Lipinski definition) is 2. The molecule has 1 aromatic carbocycles. The van der Waals surface area contributed by atoms with E-state index in [1.165, 1.54) is 12.1 Å². The van der Waals surface area contributed by atoms with Gasteiger partial charge >= 0.3 is 6.03 Å². The number of anilines is 3. The molecule has 2 fully saturated rings. The summed E-state index contributed by atoms with van der Waals surface area (Å²) in [5, 5.41) is 5.77. The van der Waals surface area contributed by atoms with Gasteiger partial charge < -0.3 is 20.4 Å². The minimum Gasteiger partial charge on any atom is -0.355 e. The Kier molecular flexibility index (Phi) is 6.84. The van der Waals surface area contributed by atoms with Crippen LogP contribution in [0.2, 0.25) is 0 Å². The first-order valence-electron chi connectivity index (χ1n) is 11.1. The van der Waals surface area contributed by atoms with Crippen LogP contribution in [-0.2, 0) is 4.79 Å². The largest absolute Gasteiger partial charge is 0.355 e. The molecule has 170 valence electrons. The first-order valence-corrected chi connectivity index (χ1v) is 11.1. The number of nitrogens with zero attached hydrogens (tertiary/aromatic N) is 4. The Morgan fingerprint density at radius 2 is 1.75 bits per heavy atom. The fraction of sp³-hybridized carbons (Fsp3) is 0.435. The van der Waals surface area contributed by atoms with Gasteiger partial charge in [-0.3, -0.25) is 9.69 Å². The van der Waals surface area contributed by atoms with Crippen molar-refractivity contribution in [3.05, 3.63) is 48.4 Å². The van der Waals surface area contributed by atoms with E-state index in [1.807, 2.05) is 24.0 Å². The second-order valence-electron chi connectivity index (χ2n) is 8.20. The predicted molar refractivity (Wildman–Crippen MR) is 122 cm³/mol. The highest BCUT2D eigenvalue weighted by Gasteiger charge is 2.28. The van der Waals surface area contributed by atoms with E-state index in [0.717, 1.165) is 37.4 Å². The summed E-state index contributed by atoms with van der Waals surface area (Å²) in [5.74, 6) is 0.232.